The molecule has 1 amide bonds. The topological polar surface area (TPSA) is 105 Å². The van der Waals surface area contributed by atoms with Crippen LogP contribution in [0.2, 0.25) is 5.02 Å². The molecule has 0 saturated heterocycles. The predicted octanol–water partition coefficient (Wildman–Crippen LogP) is 2.43. The van der Waals surface area contributed by atoms with Gasteiger partial charge in [-0.1, -0.05) is 23.7 Å². The van der Waals surface area contributed by atoms with Crippen LogP contribution in [0.3, 0.4) is 0 Å². The summed E-state index contributed by atoms with van der Waals surface area (Å²) in [5.74, 6) is -0.0703. The molecule has 0 radical (unpaired) electrons. The lowest BCUT2D eigenvalue weighted by Gasteiger charge is -2.20. The van der Waals surface area contributed by atoms with E-state index in [0.29, 0.717) is 27.9 Å². The normalized spacial score (nSPS) is 13.7. The lowest BCUT2D eigenvalue weighted by Crippen LogP contribution is -2.18. The molecule has 0 aliphatic carbocycles. The molecule has 3 aromatic rings. The number of phenolic OH excluding ortho intramolecular Hbond substituents is 1. The summed E-state index contributed by atoms with van der Waals surface area (Å²) in [4.78, 5) is 12.3. The molecule has 1 aliphatic heterocycles. The number of nitrogens with zero attached hydrogens (tertiary/aromatic N) is 4. The second-order valence-electron chi connectivity index (χ2n) is 5.27. The van der Waals surface area contributed by atoms with Gasteiger partial charge in [-0.25, -0.2) is 0 Å². The summed E-state index contributed by atoms with van der Waals surface area (Å²) in [5.41, 5.74) is 2.12. The highest BCUT2D eigenvalue weighted by Crippen LogP contribution is 2.32. The van der Waals surface area contributed by atoms with Gasteiger partial charge in [0.15, 0.2) is 0 Å². The molecule has 9 heteroatoms. The van der Waals surface area contributed by atoms with Gasteiger partial charge in [0.1, 0.15) is 5.75 Å². The number of para-hydroxylation sites is 2. The highest BCUT2D eigenvalue weighted by Gasteiger charge is 2.23. The fourth-order valence-electron chi connectivity index (χ4n) is 2.49. The first kappa shape index (κ1) is 15.2. The SMILES string of the molecule is O=C(/C=C1\Nc2cc(Cl)ccc2-n2nnnc21)Nc1ccccc1O. The first-order valence-electron chi connectivity index (χ1n) is 7.28. The highest BCUT2D eigenvalue weighted by molar-refractivity contribution is 6.31. The summed E-state index contributed by atoms with van der Waals surface area (Å²) in [6.07, 6.45) is 1.32. The van der Waals surface area contributed by atoms with Gasteiger partial charge in [-0.2, -0.15) is 4.68 Å². The van der Waals surface area contributed by atoms with Crippen molar-refractivity contribution in [2.45, 2.75) is 0 Å². The number of phenols is 1. The molecule has 8 nitrogen and oxygen atoms in total. The summed E-state index contributed by atoms with van der Waals surface area (Å²) in [6, 6.07) is 11.7. The molecule has 3 N–H and O–H groups in total. The Labute approximate surface area is 146 Å². The Hall–Kier alpha value is -3.39. The van der Waals surface area contributed by atoms with Gasteiger partial charge in [-0.3, -0.25) is 4.79 Å². The molecule has 0 bridgehead atoms. The Kier molecular flexibility index (Phi) is 3.58. The Bertz CT molecular complexity index is 1010. The van der Waals surface area contributed by atoms with E-state index in [1.165, 1.54) is 16.8 Å². The third kappa shape index (κ3) is 2.79. The van der Waals surface area contributed by atoms with Crippen molar-refractivity contribution in [1.29, 1.82) is 0 Å². The van der Waals surface area contributed by atoms with Gasteiger partial charge in [0.2, 0.25) is 5.82 Å². The number of rotatable bonds is 2. The van der Waals surface area contributed by atoms with E-state index in [2.05, 4.69) is 26.2 Å². The van der Waals surface area contributed by atoms with Crippen LogP contribution in [0.4, 0.5) is 11.4 Å². The third-order valence-corrected chi connectivity index (χ3v) is 3.84. The van der Waals surface area contributed by atoms with Crippen molar-refractivity contribution in [1.82, 2.24) is 20.2 Å². The van der Waals surface area contributed by atoms with E-state index in [9.17, 15) is 9.90 Å². The molecule has 1 aliphatic rings. The number of anilines is 2. The molecule has 0 fully saturated rings. The number of hydrogen-bond acceptors (Lipinski definition) is 6. The van der Waals surface area contributed by atoms with Gasteiger partial charge in [-0.15, -0.1) is 5.10 Å². The minimum absolute atomic E-state index is 0.0205. The Morgan fingerprint density at radius 2 is 2.12 bits per heavy atom. The van der Waals surface area contributed by atoms with Crippen molar-refractivity contribution < 1.29 is 9.90 Å². The molecule has 4 rings (SSSR count). The standard InChI is InChI=1S/C16H11ClN6O2/c17-9-5-6-13-11(7-9)18-12(16-20-21-22-23(13)16)8-15(25)19-10-3-1-2-4-14(10)24/h1-8,18,24H,(H,19,25)/b12-8-. The lowest BCUT2D eigenvalue weighted by molar-refractivity contribution is -0.111. The number of aromatic hydroxyl groups is 1. The van der Waals surface area contributed by atoms with Crippen LogP contribution < -0.4 is 10.6 Å². The molecule has 124 valence electrons. The zero-order valence-electron chi connectivity index (χ0n) is 12.6. The van der Waals surface area contributed by atoms with Crippen LogP contribution in [0.1, 0.15) is 5.82 Å². The summed E-state index contributed by atoms with van der Waals surface area (Å²) in [6.45, 7) is 0. The minimum atomic E-state index is -0.441. The molecule has 0 atom stereocenters. The molecule has 0 spiro atoms. The molecular weight excluding hydrogens is 344 g/mol. The summed E-state index contributed by atoms with van der Waals surface area (Å²) in [7, 11) is 0. The van der Waals surface area contributed by atoms with E-state index in [4.69, 9.17) is 11.6 Å². The van der Waals surface area contributed by atoms with Crippen LogP contribution in [-0.2, 0) is 4.79 Å². The molecule has 25 heavy (non-hydrogen) atoms. The first-order chi connectivity index (χ1) is 12.1. The number of fused-ring (bicyclic) bond motifs is 3. The zero-order chi connectivity index (χ0) is 17.4. The number of halogens is 1. The van der Waals surface area contributed by atoms with Crippen LogP contribution in [0.5, 0.6) is 5.75 Å². The van der Waals surface area contributed by atoms with Gasteiger partial charge < -0.3 is 15.7 Å². The van der Waals surface area contributed by atoms with E-state index in [0.717, 1.165) is 5.69 Å². The Morgan fingerprint density at radius 3 is 2.96 bits per heavy atom. The monoisotopic (exact) mass is 354 g/mol. The molecule has 0 unspecified atom stereocenters. The van der Waals surface area contributed by atoms with E-state index in [-0.39, 0.29) is 5.75 Å². The number of amides is 1. The smallest absolute Gasteiger partial charge is 0.250 e. The second kappa shape index (κ2) is 5.91. The Balaban J connectivity index is 1.68. The zero-order valence-corrected chi connectivity index (χ0v) is 13.4. The Morgan fingerprint density at radius 1 is 1.28 bits per heavy atom. The number of hydrogen-bond donors (Lipinski definition) is 3. The fraction of sp³-hybridized carbons (Fsp3) is 0. The maximum atomic E-state index is 12.3. The maximum absolute atomic E-state index is 12.3. The largest absolute Gasteiger partial charge is 0.506 e. The molecule has 0 saturated carbocycles. The highest BCUT2D eigenvalue weighted by atomic mass is 35.5. The van der Waals surface area contributed by atoms with Crippen molar-refractivity contribution in [3.8, 4) is 11.4 Å². The lowest BCUT2D eigenvalue weighted by atomic mass is 10.2. The number of carbonyl (C=O) groups is 1. The van der Waals surface area contributed by atoms with Crippen LogP contribution in [-0.4, -0.2) is 31.2 Å². The van der Waals surface area contributed by atoms with Gasteiger partial charge in [0.25, 0.3) is 5.91 Å². The van der Waals surface area contributed by atoms with E-state index in [1.54, 1.807) is 36.4 Å². The average molecular weight is 355 g/mol. The number of nitrogens with one attached hydrogen (secondary N) is 2. The number of aromatic nitrogens is 4. The van der Waals surface area contributed by atoms with Crippen molar-refractivity contribution in [3.63, 3.8) is 0 Å². The molecule has 2 heterocycles. The summed E-state index contributed by atoms with van der Waals surface area (Å²) in [5, 5.41) is 27.5. The van der Waals surface area contributed by atoms with Gasteiger partial charge in [-0.05, 0) is 40.8 Å². The van der Waals surface area contributed by atoms with Gasteiger partial charge >= 0.3 is 0 Å². The molecule has 2 aromatic carbocycles. The predicted molar refractivity (Wildman–Crippen MR) is 92.5 cm³/mol. The van der Waals surface area contributed by atoms with Crippen LogP contribution in [0.25, 0.3) is 11.4 Å². The second-order valence-corrected chi connectivity index (χ2v) is 5.70. The number of carbonyl (C=O) groups excluding carboxylic acids is 1. The number of benzene rings is 2. The third-order valence-electron chi connectivity index (χ3n) is 3.60. The van der Waals surface area contributed by atoms with Crippen LogP contribution in [0, 0.1) is 0 Å². The van der Waals surface area contributed by atoms with Crippen LogP contribution >= 0.6 is 11.6 Å². The number of tetrazole rings is 1. The summed E-state index contributed by atoms with van der Waals surface area (Å²) < 4.78 is 1.52. The van der Waals surface area contributed by atoms with E-state index in [1.807, 2.05) is 0 Å². The minimum Gasteiger partial charge on any atom is -0.506 e. The van der Waals surface area contributed by atoms with Crippen molar-refractivity contribution >= 4 is 34.6 Å². The van der Waals surface area contributed by atoms with E-state index < -0.39 is 5.91 Å². The molecule has 1 aromatic heterocycles. The van der Waals surface area contributed by atoms with Crippen molar-refractivity contribution in [2.75, 3.05) is 10.6 Å². The fourth-order valence-corrected chi connectivity index (χ4v) is 2.66. The van der Waals surface area contributed by atoms with Crippen molar-refractivity contribution in [3.05, 3.63) is 59.4 Å². The van der Waals surface area contributed by atoms with E-state index >= 15 is 0 Å². The van der Waals surface area contributed by atoms with Gasteiger partial charge in [0, 0.05) is 11.1 Å². The van der Waals surface area contributed by atoms with Crippen LogP contribution in [0.15, 0.2) is 48.5 Å². The average Bonchev–Trinajstić information content (AvgIpc) is 3.07. The summed E-state index contributed by atoms with van der Waals surface area (Å²) >= 11 is 6.03. The van der Waals surface area contributed by atoms with Gasteiger partial charge in [0.05, 0.1) is 22.8 Å². The first-order valence-corrected chi connectivity index (χ1v) is 7.66. The quantitative estimate of drug-likeness (QED) is 0.482. The molecular formula is C16H11ClN6O2. The maximum Gasteiger partial charge on any atom is 0.250 e. The van der Waals surface area contributed by atoms with Crippen molar-refractivity contribution in [2.24, 2.45) is 0 Å².